The van der Waals surface area contributed by atoms with E-state index in [1.807, 2.05) is 38.1 Å². The minimum absolute atomic E-state index is 0.0478. The molecule has 126 valence electrons. The Hall–Kier alpha value is -2.08. The number of carbonyl (C=O) groups is 2. The number of carboxylic acids is 1. The number of para-hydroxylation sites is 1. The Morgan fingerprint density at radius 2 is 2.09 bits per heavy atom. The molecule has 1 heterocycles. The second-order valence-electron chi connectivity index (χ2n) is 5.80. The van der Waals surface area contributed by atoms with Gasteiger partial charge >= 0.3 is 5.97 Å². The van der Waals surface area contributed by atoms with Crippen LogP contribution in [-0.2, 0) is 14.3 Å². The van der Waals surface area contributed by atoms with Crippen molar-refractivity contribution in [1.82, 2.24) is 4.90 Å². The molecule has 0 radical (unpaired) electrons. The average molecular weight is 321 g/mol. The molecule has 2 unspecified atom stereocenters. The molecule has 1 aliphatic rings. The Labute approximate surface area is 136 Å². The Balaban J connectivity index is 2.10. The first kappa shape index (κ1) is 17.3. The molecule has 1 aliphatic heterocycles. The number of carboxylic acid groups (broad SMARTS) is 1. The fraction of sp³-hybridized carbons (Fsp3) is 0.529. The number of nitrogens with zero attached hydrogens (tertiary/aromatic N) is 1. The van der Waals surface area contributed by atoms with Crippen molar-refractivity contribution in [3.8, 4) is 5.75 Å². The van der Waals surface area contributed by atoms with Gasteiger partial charge < -0.3 is 19.5 Å². The van der Waals surface area contributed by atoms with Crippen LogP contribution in [0.1, 0.15) is 25.8 Å². The third kappa shape index (κ3) is 4.22. The lowest BCUT2D eigenvalue weighted by Crippen LogP contribution is -2.54. The highest BCUT2D eigenvalue weighted by molar-refractivity contribution is 5.82. The number of carbonyl (C=O) groups excluding carboxylic acids is 1. The van der Waals surface area contributed by atoms with Gasteiger partial charge in [0.2, 0.25) is 0 Å². The zero-order chi connectivity index (χ0) is 17.0. The molecule has 0 bridgehead atoms. The summed E-state index contributed by atoms with van der Waals surface area (Å²) in [6, 6.07) is 7.51. The molecule has 1 fully saturated rings. The molecule has 23 heavy (non-hydrogen) atoms. The van der Waals surface area contributed by atoms with Crippen molar-refractivity contribution in [3.63, 3.8) is 0 Å². The molecule has 1 N–H and O–H groups in total. The lowest BCUT2D eigenvalue weighted by molar-refractivity contribution is -0.168. The summed E-state index contributed by atoms with van der Waals surface area (Å²) in [4.78, 5) is 25.4. The minimum atomic E-state index is -1.05. The SMILES string of the molecule is CCC(Oc1ccccc1C)C(=O)N1CC(C(=O)O)O[C@H](C)C1. The summed E-state index contributed by atoms with van der Waals surface area (Å²) in [6.45, 7) is 5.98. The van der Waals surface area contributed by atoms with Gasteiger partial charge in [0.05, 0.1) is 12.6 Å². The summed E-state index contributed by atoms with van der Waals surface area (Å²) in [5, 5.41) is 9.13. The molecular weight excluding hydrogens is 298 g/mol. The second-order valence-corrected chi connectivity index (χ2v) is 5.80. The standard InChI is InChI=1S/C17H23NO5/c1-4-13(23-14-8-6-5-7-11(14)2)16(19)18-9-12(3)22-15(10-18)17(20)21/h5-8,12-13,15H,4,9-10H2,1-3H3,(H,20,21)/t12-,13?,15?/m1/s1. The predicted molar refractivity (Wildman–Crippen MR) is 84.4 cm³/mol. The van der Waals surface area contributed by atoms with E-state index in [1.54, 1.807) is 6.92 Å². The Kier molecular flexibility index (Phi) is 5.60. The number of hydrogen-bond donors (Lipinski definition) is 1. The van der Waals surface area contributed by atoms with Gasteiger partial charge in [0.25, 0.3) is 5.91 Å². The summed E-state index contributed by atoms with van der Waals surface area (Å²) in [5.41, 5.74) is 0.956. The number of morpholine rings is 1. The van der Waals surface area contributed by atoms with E-state index >= 15 is 0 Å². The zero-order valence-corrected chi connectivity index (χ0v) is 13.7. The van der Waals surface area contributed by atoms with Crippen LogP contribution < -0.4 is 4.74 Å². The third-order valence-electron chi connectivity index (χ3n) is 3.86. The quantitative estimate of drug-likeness (QED) is 0.896. The highest BCUT2D eigenvalue weighted by Gasteiger charge is 2.35. The van der Waals surface area contributed by atoms with Crippen LogP contribution in [0.4, 0.5) is 0 Å². The number of hydrogen-bond acceptors (Lipinski definition) is 4. The molecule has 3 atom stereocenters. The number of aryl methyl sites for hydroxylation is 1. The maximum atomic E-state index is 12.7. The molecule has 0 saturated carbocycles. The van der Waals surface area contributed by atoms with Gasteiger partial charge in [-0.3, -0.25) is 4.79 Å². The van der Waals surface area contributed by atoms with Gasteiger partial charge in [-0.1, -0.05) is 25.1 Å². The smallest absolute Gasteiger partial charge is 0.334 e. The average Bonchev–Trinajstić information content (AvgIpc) is 2.53. The predicted octanol–water partition coefficient (Wildman–Crippen LogP) is 1.85. The molecule has 0 aliphatic carbocycles. The molecule has 6 heteroatoms. The maximum Gasteiger partial charge on any atom is 0.334 e. The van der Waals surface area contributed by atoms with Gasteiger partial charge in [0.1, 0.15) is 5.75 Å². The molecule has 2 rings (SSSR count). The highest BCUT2D eigenvalue weighted by Crippen LogP contribution is 2.21. The van der Waals surface area contributed by atoms with Crippen molar-refractivity contribution >= 4 is 11.9 Å². The lowest BCUT2D eigenvalue weighted by Gasteiger charge is -2.36. The number of aliphatic carboxylic acids is 1. The van der Waals surface area contributed by atoms with Crippen LogP contribution >= 0.6 is 0 Å². The number of benzene rings is 1. The summed E-state index contributed by atoms with van der Waals surface area (Å²) >= 11 is 0. The minimum Gasteiger partial charge on any atom is -0.480 e. The molecule has 6 nitrogen and oxygen atoms in total. The van der Waals surface area contributed by atoms with Crippen LogP contribution in [0.5, 0.6) is 5.75 Å². The van der Waals surface area contributed by atoms with Crippen LogP contribution in [0, 0.1) is 6.92 Å². The molecule has 1 amide bonds. The van der Waals surface area contributed by atoms with Crippen LogP contribution in [0.2, 0.25) is 0 Å². The van der Waals surface area contributed by atoms with E-state index in [9.17, 15) is 9.59 Å². The van der Waals surface area contributed by atoms with E-state index in [1.165, 1.54) is 4.90 Å². The monoisotopic (exact) mass is 321 g/mol. The van der Waals surface area contributed by atoms with Crippen molar-refractivity contribution in [2.24, 2.45) is 0 Å². The Morgan fingerprint density at radius 1 is 1.39 bits per heavy atom. The molecule has 0 aromatic heterocycles. The fourth-order valence-electron chi connectivity index (χ4n) is 2.62. The Morgan fingerprint density at radius 3 is 2.70 bits per heavy atom. The summed E-state index contributed by atoms with van der Waals surface area (Å²) < 4.78 is 11.2. The summed E-state index contributed by atoms with van der Waals surface area (Å²) in [7, 11) is 0. The van der Waals surface area contributed by atoms with E-state index in [-0.39, 0.29) is 18.6 Å². The Bertz CT molecular complexity index is 574. The van der Waals surface area contributed by atoms with Crippen molar-refractivity contribution in [2.45, 2.75) is 45.5 Å². The van der Waals surface area contributed by atoms with Crippen LogP contribution in [-0.4, -0.2) is 53.3 Å². The van der Waals surface area contributed by atoms with E-state index in [0.29, 0.717) is 18.7 Å². The highest BCUT2D eigenvalue weighted by atomic mass is 16.5. The molecular formula is C17H23NO5. The van der Waals surface area contributed by atoms with Gasteiger partial charge in [-0.25, -0.2) is 4.79 Å². The van der Waals surface area contributed by atoms with Crippen LogP contribution in [0.25, 0.3) is 0 Å². The van der Waals surface area contributed by atoms with Crippen molar-refractivity contribution in [3.05, 3.63) is 29.8 Å². The zero-order valence-electron chi connectivity index (χ0n) is 13.7. The fourth-order valence-corrected chi connectivity index (χ4v) is 2.62. The molecule has 1 saturated heterocycles. The summed E-state index contributed by atoms with van der Waals surface area (Å²) in [6.07, 6.45) is -1.42. The van der Waals surface area contributed by atoms with Crippen molar-refractivity contribution in [2.75, 3.05) is 13.1 Å². The van der Waals surface area contributed by atoms with Crippen LogP contribution in [0.3, 0.4) is 0 Å². The number of amides is 1. The van der Waals surface area contributed by atoms with Gasteiger partial charge in [-0.05, 0) is 31.9 Å². The van der Waals surface area contributed by atoms with E-state index in [0.717, 1.165) is 5.56 Å². The van der Waals surface area contributed by atoms with Crippen molar-refractivity contribution < 1.29 is 24.2 Å². The number of rotatable bonds is 5. The van der Waals surface area contributed by atoms with Gasteiger partial charge in [-0.15, -0.1) is 0 Å². The first-order valence-electron chi connectivity index (χ1n) is 7.81. The molecule has 1 aromatic rings. The van der Waals surface area contributed by atoms with Crippen LogP contribution in [0.15, 0.2) is 24.3 Å². The first-order valence-corrected chi connectivity index (χ1v) is 7.81. The van der Waals surface area contributed by atoms with Gasteiger partial charge in [0, 0.05) is 6.54 Å². The number of ether oxygens (including phenoxy) is 2. The van der Waals surface area contributed by atoms with E-state index in [4.69, 9.17) is 14.6 Å². The largest absolute Gasteiger partial charge is 0.480 e. The topological polar surface area (TPSA) is 76.1 Å². The van der Waals surface area contributed by atoms with Gasteiger partial charge in [0.15, 0.2) is 12.2 Å². The first-order chi connectivity index (χ1) is 10.9. The maximum absolute atomic E-state index is 12.7. The third-order valence-corrected chi connectivity index (χ3v) is 3.86. The lowest BCUT2D eigenvalue weighted by atomic mass is 10.1. The molecule has 1 aromatic carbocycles. The van der Waals surface area contributed by atoms with E-state index in [2.05, 4.69) is 0 Å². The van der Waals surface area contributed by atoms with E-state index < -0.39 is 18.2 Å². The van der Waals surface area contributed by atoms with Gasteiger partial charge in [-0.2, -0.15) is 0 Å². The second kappa shape index (κ2) is 7.46. The molecule has 0 spiro atoms. The summed E-state index contributed by atoms with van der Waals surface area (Å²) in [5.74, 6) is -0.580. The van der Waals surface area contributed by atoms with Crippen molar-refractivity contribution in [1.29, 1.82) is 0 Å². The normalized spacial score (nSPS) is 22.5.